The zero-order valence-electron chi connectivity index (χ0n) is 74.5. The Kier molecular flexibility index (Phi) is 30.0. The number of nitrogen functional groups attached to an aromatic ring is 1. The van der Waals surface area contributed by atoms with Crippen molar-refractivity contribution in [3.05, 3.63) is 396 Å². The van der Waals surface area contributed by atoms with Gasteiger partial charge in [0.05, 0.1) is 43.7 Å². The fraction of sp³-hybridized carbons (Fsp3) is 0.120. The molecular formula is C100H80F12N18O9. The summed E-state index contributed by atoms with van der Waals surface area (Å²) < 4.78 is 168. The summed E-state index contributed by atoms with van der Waals surface area (Å²) in [6, 6.07) is 57.3. The molecule has 0 aliphatic heterocycles. The number of carbonyl (C=O) groups excluding carboxylic acids is 5. The number of hydrogen-bond acceptors (Lipinski definition) is 15. The van der Waals surface area contributed by atoms with Crippen LogP contribution in [0.4, 0.5) is 98.2 Å². The zero-order chi connectivity index (χ0) is 100. The van der Waals surface area contributed by atoms with Gasteiger partial charge in [-0.3, -0.25) is 58.2 Å². The average molecular weight is 1910 g/mol. The Morgan fingerprint density at radius 2 is 0.770 bits per heavy atom. The summed E-state index contributed by atoms with van der Waals surface area (Å²) in [5.74, 6) is -8.18. The van der Waals surface area contributed by atoms with Gasteiger partial charge in [0.15, 0.2) is 11.4 Å². The normalized spacial score (nSPS) is 11.1. The van der Waals surface area contributed by atoms with E-state index < -0.39 is 91.7 Å². The number of aromatic nitrogens is 10. The molecule has 0 aliphatic rings. The lowest BCUT2D eigenvalue weighted by Gasteiger charge is -2.11. The van der Waals surface area contributed by atoms with Crippen LogP contribution in [-0.2, 0) is 39.4 Å². The molecule has 17 rings (SSSR count). The highest BCUT2D eigenvalue weighted by molar-refractivity contribution is 6.08. The number of aryl methyl sites for hydroxylation is 8. The van der Waals surface area contributed by atoms with Crippen LogP contribution in [0, 0.1) is 82.8 Å². The molecule has 0 radical (unpaired) electrons. The topological polar surface area (TPSA) is 346 Å². The van der Waals surface area contributed by atoms with Crippen molar-refractivity contribution in [1.82, 2.24) is 48.1 Å². The number of carbonyl (C=O) groups is 5. The number of amides is 5. The highest BCUT2D eigenvalue weighted by Gasteiger charge is 2.37. The lowest BCUT2D eigenvalue weighted by molar-refractivity contribution is -0.384. The van der Waals surface area contributed by atoms with E-state index in [2.05, 4.69) is 46.5 Å². The maximum atomic E-state index is 14.7. The fourth-order valence-corrected chi connectivity index (χ4v) is 14.2. The summed E-state index contributed by atoms with van der Waals surface area (Å²) in [6.07, 6.45) is 2.01. The molecule has 10 aromatic carbocycles. The molecular weight excluding hydrogens is 1830 g/mol. The number of fused-ring (bicyclic) bond motifs is 2. The summed E-state index contributed by atoms with van der Waals surface area (Å²) in [4.78, 5) is 92.4. The van der Waals surface area contributed by atoms with Crippen molar-refractivity contribution < 1.29 is 86.5 Å². The number of hydrogen-bond donors (Lipinski definition) is 6. The molecule has 139 heavy (non-hydrogen) atoms. The number of nitrogens with two attached hydrogens (primary N) is 1. The molecule has 17 aromatic rings. The van der Waals surface area contributed by atoms with E-state index in [1.165, 1.54) is 50.5 Å². The number of para-hydroxylation sites is 2. The van der Waals surface area contributed by atoms with Gasteiger partial charge in [0.2, 0.25) is 0 Å². The molecule has 0 atom stereocenters. The van der Waals surface area contributed by atoms with Crippen LogP contribution >= 0.6 is 0 Å². The van der Waals surface area contributed by atoms with Gasteiger partial charge in [-0.2, -0.15) is 41.6 Å². The van der Waals surface area contributed by atoms with Gasteiger partial charge in [-0.15, -0.1) is 0 Å². The Balaban J connectivity index is 0.000000147. The van der Waals surface area contributed by atoms with Crippen LogP contribution in [0.25, 0.3) is 67.3 Å². The van der Waals surface area contributed by atoms with Gasteiger partial charge >= 0.3 is 12.4 Å². The van der Waals surface area contributed by atoms with E-state index in [0.29, 0.717) is 79.9 Å². The predicted octanol–water partition coefficient (Wildman–Crippen LogP) is 23.1. The molecule has 0 unspecified atom stereocenters. The molecule has 7 aromatic heterocycles. The first kappa shape index (κ1) is 98.8. The number of pyridine rings is 2. The standard InChI is InChI=1S/C22H18N4O3.C21H16N4O3.C20H18F3N3O.C19H17F3N4O.C18H11F6N3O/c1-14-3-5-16(6-4-14)22(27)24-17-7-8-18(20(12-17)26(28)29)19-13-25-10-9-23-21(25)11-15(19)2;1-14-2-4-15(5-3-14)21(26)23-17-7-8-18(19(12-17)25(27)28)16-6-9-20-22-10-11-24(20)13-16;1-3-13-11-18(26(4-2)25-13)14-9-8-12(10-17(14)23)20(27)24-19-15(21)6-5-7-16(19)22;1-11-3-5-12(6-4-11)18(27)24-13-7-8-14(15(23)9-13)16-10-17(19(20,21)22)25-26(16)2;1-27-14(8-15(26-27)18(22,23)24)10-6-5-9(7-13(10)21)17(28)25-16-11(19)3-2-4-12(16)20/h3-13H,1-2H3,(H,24,27);2-13H,1H3,(H,23,26);5-11H,3-4H2,1-2H3,(H,24,27);3-10H,23H2,1-2H3,(H,24,27);2-8H,1H3,(H,25,28). The molecule has 27 nitrogen and oxygen atoms in total. The van der Waals surface area contributed by atoms with Gasteiger partial charge in [0, 0.05) is 148 Å². The number of nitro groups is 2. The monoisotopic (exact) mass is 1900 g/mol. The lowest BCUT2D eigenvalue weighted by Crippen LogP contribution is -2.14. The Morgan fingerprint density at radius 1 is 0.388 bits per heavy atom. The molecule has 39 heteroatoms. The molecule has 0 saturated carbocycles. The summed E-state index contributed by atoms with van der Waals surface area (Å²) in [6.45, 7) is 12.1. The van der Waals surface area contributed by atoms with Crippen molar-refractivity contribution in [2.75, 3.05) is 32.3 Å². The molecule has 0 spiro atoms. The number of anilines is 6. The van der Waals surface area contributed by atoms with E-state index in [1.54, 1.807) is 131 Å². The SMILES string of the molecule is CCc1cc(-c2ccc(C(=O)Nc3c(F)cccc3F)cc2F)n(CC)n1.Cc1ccc(C(=O)Nc2ccc(-c3cc(C(F)(F)F)nn3C)c(N)c2)cc1.Cc1ccc(C(=O)Nc2ccc(-c3ccc4nccn4c3)c([N+](=O)[O-])c2)cc1.Cc1ccc(C(=O)Nc2ccc(-c3cn4ccnc4cc3C)c([N+](=O)[O-])c2)cc1.Cn1nc(C(F)(F)F)cc1-c1ccc(C(=O)Nc2c(F)cccc2F)cc1F. The largest absolute Gasteiger partial charge is 0.435 e. The van der Waals surface area contributed by atoms with Crippen LogP contribution in [0.1, 0.15) is 105 Å². The lowest BCUT2D eigenvalue weighted by atomic mass is 10.0. The van der Waals surface area contributed by atoms with Crippen molar-refractivity contribution in [2.45, 2.75) is 66.9 Å². The highest BCUT2D eigenvalue weighted by atomic mass is 19.4. The number of nitro benzene ring substituents is 2. The number of alkyl halides is 6. The number of rotatable bonds is 19. The average Bonchev–Trinajstić information content (AvgIpc) is 1.78. The number of nitrogens with one attached hydrogen (secondary N) is 5. The molecule has 0 aliphatic carbocycles. The Morgan fingerprint density at radius 3 is 1.18 bits per heavy atom. The van der Waals surface area contributed by atoms with Crippen LogP contribution < -0.4 is 32.3 Å². The number of benzene rings is 10. The fourth-order valence-electron chi connectivity index (χ4n) is 14.2. The van der Waals surface area contributed by atoms with Gasteiger partial charge in [0.25, 0.3) is 40.9 Å². The number of imidazole rings is 2. The number of halogens is 12. The first-order valence-electron chi connectivity index (χ1n) is 42.0. The Bertz CT molecular complexity index is 7500. The predicted molar refractivity (Wildman–Crippen MR) is 500 cm³/mol. The minimum atomic E-state index is -4.70. The summed E-state index contributed by atoms with van der Waals surface area (Å²) in [5, 5.41) is 46.8. The Hall–Kier alpha value is -17.7. The summed E-state index contributed by atoms with van der Waals surface area (Å²) in [5.41, 5.74) is 14.9. The third-order valence-electron chi connectivity index (χ3n) is 21.4. The highest BCUT2D eigenvalue weighted by Crippen LogP contribution is 2.40. The van der Waals surface area contributed by atoms with Gasteiger partial charge in [-0.25, -0.2) is 36.3 Å². The molecule has 708 valence electrons. The van der Waals surface area contributed by atoms with E-state index in [1.807, 2.05) is 99.9 Å². The van der Waals surface area contributed by atoms with Crippen molar-refractivity contribution in [1.29, 1.82) is 0 Å². The van der Waals surface area contributed by atoms with Crippen LogP contribution in [-0.4, -0.2) is 87.5 Å². The van der Waals surface area contributed by atoms with Crippen LogP contribution in [0.15, 0.2) is 274 Å². The van der Waals surface area contributed by atoms with E-state index in [4.69, 9.17) is 5.73 Å². The molecule has 7 heterocycles. The minimum absolute atomic E-state index is 0.0443. The van der Waals surface area contributed by atoms with E-state index in [0.717, 1.165) is 121 Å². The van der Waals surface area contributed by atoms with Gasteiger partial charge < -0.3 is 41.1 Å². The van der Waals surface area contributed by atoms with Crippen molar-refractivity contribution in [3.63, 3.8) is 0 Å². The van der Waals surface area contributed by atoms with Crippen molar-refractivity contribution in [3.8, 4) is 56.0 Å². The van der Waals surface area contributed by atoms with Crippen LogP contribution in [0.3, 0.4) is 0 Å². The van der Waals surface area contributed by atoms with Gasteiger partial charge in [-0.1, -0.05) is 72.1 Å². The van der Waals surface area contributed by atoms with E-state index >= 15 is 0 Å². The van der Waals surface area contributed by atoms with E-state index in [9.17, 15) is 96.9 Å². The molecule has 0 fully saturated rings. The summed E-state index contributed by atoms with van der Waals surface area (Å²) >= 11 is 0. The smallest absolute Gasteiger partial charge is 0.398 e. The van der Waals surface area contributed by atoms with Gasteiger partial charge in [0.1, 0.15) is 57.6 Å². The van der Waals surface area contributed by atoms with E-state index in [-0.39, 0.29) is 62.9 Å². The molecule has 7 N–H and O–H groups in total. The second-order valence-electron chi connectivity index (χ2n) is 31.2. The second-order valence-corrected chi connectivity index (χ2v) is 31.2. The van der Waals surface area contributed by atoms with Crippen molar-refractivity contribution in [2.24, 2.45) is 14.1 Å². The Labute approximate surface area is 782 Å². The third kappa shape index (κ3) is 23.7. The summed E-state index contributed by atoms with van der Waals surface area (Å²) in [7, 11) is 2.63. The first-order valence-corrected chi connectivity index (χ1v) is 42.0. The molecule has 0 saturated heterocycles. The maximum absolute atomic E-state index is 14.7. The number of nitrogens with zero attached hydrogens (tertiary/aromatic N) is 12. The first-order chi connectivity index (χ1) is 66.1. The third-order valence-corrected chi connectivity index (χ3v) is 21.4. The van der Waals surface area contributed by atoms with Crippen LogP contribution in [0.2, 0.25) is 0 Å². The zero-order valence-corrected chi connectivity index (χ0v) is 74.5. The second kappa shape index (κ2) is 42.3. The van der Waals surface area contributed by atoms with Crippen molar-refractivity contribution >= 4 is 86.3 Å². The minimum Gasteiger partial charge on any atom is -0.398 e. The molecule has 0 bridgehead atoms. The van der Waals surface area contributed by atoms with Gasteiger partial charge in [-0.05, 0) is 223 Å². The quantitative estimate of drug-likeness (QED) is 0.0190. The maximum Gasteiger partial charge on any atom is 0.435 e. The molecule has 5 amide bonds. The van der Waals surface area contributed by atoms with Crippen LogP contribution in [0.5, 0.6) is 0 Å².